The number of piperazine rings is 1. The third-order valence-corrected chi connectivity index (χ3v) is 4.86. The van der Waals surface area contributed by atoms with E-state index in [0.717, 1.165) is 29.9 Å². The molecule has 4 nitrogen and oxygen atoms in total. The average Bonchev–Trinajstić information content (AvgIpc) is 2.79. The van der Waals surface area contributed by atoms with E-state index in [-0.39, 0.29) is 0 Å². The molecule has 92 valence electrons. The van der Waals surface area contributed by atoms with Crippen LogP contribution in [-0.4, -0.2) is 47.1 Å². The summed E-state index contributed by atoms with van der Waals surface area (Å²) < 4.78 is 0.813. The van der Waals surface area contributed by atoms with Gasteiger partial charge in [0.15, 0.2) is 0 Å². The highest BCUT2D eigenvalue weighted by Gasteiger charge is 2.31. The molecule has 1 unspecified atom stereocenters. The maximum Gasteiger partial charge on any atom is 0.148 e. The van der Waals surface area contributed by atoms with E-state index in [2.05, 4.69) is 35.7 Å². The van der Waals surface area contributed by atoms with Crippen molar-refractivity contribution in [2.75, 3.05) is 31.1 Å². The molecule has 1 aromatic heterocycles. The molecule has 0 spiro atoms. The lowest BCUT2D eigenvalue weighted by atomic mass is 10.1. The number of rotatable bonds is 1. The molecule has 0 aromatic carbocycles. The van der Waals surface area contributed by atoms with Crippen LogP contribution < -0.4 is 4.90 Å². The summed E-state index contributed by atoms with van der Waals surface area (Å²) in [7, 11) is 0. The Kier molecular flexibility index (Phi) is 3.23. The summed E-state index contributed by atoms with van der Waals surface area (Å²) in [4.78, 5) is 13.2. The highest BCUT2D eigenvalue weighted by molar-refractivity contribution is 9.10. The van der Waals surface area contributed by atoms with E-state index in [1.54, 1.807) is 0 Å². The predicted octanol–water partition coefficient (Wildman–Crippen LogP) is 2.18. The minimum atomic E-state index is 0.490. The molecule has 1 aromatic rings. The molecule has 6 heteroatoms. The Labute approximate surface area is 114 Å². The average molecular weight is 318 g/mol. The van der Waals surface area contributed by atoms with Crippen LogP contribution in [0.4, 0.5) is 5.82 Å². The van der Waals surface area contributed by atoms with E-state index < -0.39 is 0 Å². The van der Waals surface area contributed by atoms with Crippen molar-refractivity contribution >= 4 is 33.3 Å². The molecule has 0 radical (unpaired) electrons. The van der Waals surface area contributed by atoms with Crippen LogP contribution >= 0.6 is 27.5 Å². The minimum absolute atomic E-state index is 0.490. The molecule has 0 N–H and O–H groups in total. The lowest BCUT2D eigenvalue weighted by molar-refractivity contribution is 0.230. The highest BCUT2D eigenvalue weighted by Crippen LogP contribution is 2.31. The summed E-state index contributed by atoms with van der Waals surface area (Å²) in [6, 6.07) is 0.685. The topological polar surface area (TPSA) is 32.3 Å². The van der Waals surface area contributed by atoms with E-state index >= 15 is 0 Å². The van der Waals surface area contributed by atoms with Crippen molar-refractivity contribution in [3.63, 3.8) is 0 Å². The second kappa shape index (κ2) is 4.71. The van der Waals surface area contributed by atoms with Gasteiger partial charge in [-0.3, -0.25) is 4.90 Å². The Hall–Kier alpha value is -0.390. The molecule has 3 heterocycles. The first-order valence-electron chi connectivity index (χ1n) is 5.90. The SMILES string of the molecule is Clc1ncnc(N2CCN3CCCC3C2)c1Br. The summed E-state index contributed by atoms with van der Waals surface area (Å²) in [5.41, 5.74) is 0. The molecule has 2 fully saturated rings. The fourth-order valence-corrected chi connectivity index (χ4v) is 3.33. The largest absolute Gasteiger partial charge is 0.353 e. The number of fused-ring (bicyclic) bond motifs is 1. The second-order valence-electron chi connectivity index (χ2n) is 4.58. The summed E-state index contributed by atoms with van der Waals surface area (Å²) in [5.74, 6) is 0.927. The third-order valence-electron chi connectivity index (χ3n) is 3.62. The van der Waals surface area contributed by atoms with Gasteiger partial charge in [0.2, 0.25) is 0 Å². The van der Waals surface area contributed by atoms with Gasteiger partial charge in [0.25, 0.3) is 0 Å². The van der Waals surface area contributed by atoms with Crippen LogP contribution in [0.25, 0.3) is 0 Å². The van der Waals surface area contributed by atoms with Gasteiger partial charge in [0, 0.05) is 25.7 Å². The van der Waals surface area contributed by atoms with E-state index in [1.165, 1.54) is 25.7 Å². The summed E-state index contributed by atoms with van der Waals surface area (Å²) in [6.45, 7) is 4.44. The van der Waals surface area contributed by atoms with E-state index in [0.29, 0.717) is 11.2 Å². The van der Waals surface area contributed by atoms with Crippen molar-refractivity contribution < 1.29 is 0 Å². The zero-order valence-corrected chi connectivity index (χ0v) is 11.8. The zero-order valence-electron chi connectivity index (χ0n) is 9.44. The number of nitrogens with zero attached hydrogens (tertiary/aromatic N) is 4. The first kappa shape index (κ1) is 11.7. The predicted molar refractivity (Wildman–Crippen MR) is 71.6 cm³/mol. The first-order valence-corrected chi connectivity index (χ1v) is 7.08. The standard InChI is InChI=1S/C11H14BrClN4/c12-9-10(13)14-7-15-11(9)17-5-4-16-3-1-2-8(16)6-17/h7-8H,1-6H2. The van der Waals surface area contributed by atoms with E-state index in [4.69, 9.17) is 11.6 Å². The van der Waals surface area contributed by atoms with Crippen LogP contribution in [0, 0.1) is 0 Å². The molecule has 0 bridgehead atoms. The first-order chi connectivity index (χ1) is 8.25. The fourth-order valence-electron chi connectivity index (χ4n) is 2.74. The lowest BCUT2D eigenvalue weighted by Crippen LogP contribution is -2.50. The van der Waals surface area contributed by atoms with Gasteiger partial charge < -0.3 is 4.90 Å². The Balaban J connectivity index is 1.82. The van der Waals surface area contributed by atoms with Crippen LogP contribution in [0.1, 0.15) is 12.8 Å². The number of anilines is 1. The Morgan fingerprint density at radius 1 is 1.29 bits per heavy atom. The molecule has 3 rings (SSSR count). The molecule has 1 atom stereocenters. The molecule has 2 aliphatic rings. The van der Waals surface area contributed by atoms with Gasteiger partial charge in [-0.2, -0.15) is 0 Å². The number of halogens is 2. The Bertz CT molecular complexity index is 428. The van der Waals surface area contributed by atoms with Gasteiger partial charge >= 0.3 is 0 Å². The van der Waals surface area contributed by atoms with Gasteiger partial charge in [0.1, 0.15) is 17.3 Å². The number of hydrogen-bond donors (Lipinski definition) is 0. The number of aromatic nitrogens is 2. The van der Waals surface area contributed by atoms with Crippen LogP contribution in [0.2, 0.25) is 5.15 Å². The smallest absolute Gasteiger partial charge is 0.148 e. The molecular formula is C11H14BrClN4. The highest BCUT2D eigenvalue weighted by atomic mass is 79.9. The van der Waals surface area contributed by atoms with Crippen molar-refractivity contribution in [3.05, 3.63) is 16.0 Å². The maximum absolute atomic E-state index is 6.01. The van der Waals surface area contributed by atoms with E-state index in [1.807, 2.05) is 0 Å². The van der Waals surface area contributed by atoms with Crippen LogP contribution in [0.15, 0.2) is 10.8 Å². The second-order valence-corrected chi connectivity index (χ2v) is 5.73. The Morgan fingerprint density at radius 3 is 3.06 bits per heavy atom. The maximum atomic E-state index is 6.01. The molecular weight excluding hydrogens is 304 g/mol. The molecule has 0 amide bonds. The van der Waals surface area contributed by atoms with Gasteiger partial charge in [-0.25, -0.2) is 9.97 Å². The third kappa shape index (κ3) is 2.16. The molecule has 0 saturated carbocycles. The normalized spacial score (nSPS) is 25.1. The molecule has 2 aliphatic heterocycles. The molecule has 17 heavy (non-hydrogen) atoms. The monoisotopic (exact) mass is 316 g/mol. The lowest BCUT2D eigenvalue weighted by Gasteiger charge is -2.38. The van der Waals surface area contributed by atoms with Gasteiger partial charge in [-0.05, 0) is 35.3 Å². The van der Waals surface area contributed by atoms with Gasteiger partial charge in [-0.15, -0.1) is 0 Å². The summed E-state index contributed by atoms with van der Waals surface area (Å²) in [5, 5.41) is 0.490. The Morgan fingerprint density at radius 2 is 2.18 bits per heavy atom. The zero-order chi connectivity index (χ0) is 11.8. The van der Waals surface area contributed by atoms with Crippen molar-refractivity contribution in [1.82, 2.24) is 14.9 Å². The summed E-state index contributed by atoms with van der Waals surface area (Å²) >= 11 is 9.49. The number of hydrogen-bond acceptors (Lipinski definition) is 4. The minimum Gasteiger partial charge on any atom is -0.353 e. The van der Waals surface area contributed by atoms with Gasteiger partial charge in [-0.1, -0.05) is 11.6 Å². The fraction of sp³-hybridized carbons (Fsp3) is 0.636. The van der Waals surface area contributed by atoms with Crippen molar-refractivity contribution in [2.45, 2.75) is 18.9 Å². The van der Waals surface area contributed by atoms with Crippen LogP contribution in [0.5, 0.6) is 0 Å². The quantitative estimate of drug-likeness (QED) is 0.743. The van der Waals surface area contributed by atoms with Crippen LogP contribution in [-0.2, 0) is 0 Å². The van der Waals surface area contributed by atoms with Crippen LogP contribution in [0.3, 0.4) is 0 Å². The molecule has 2 saturated heterocycles. The van der Waals surface area contributed by atoms with E-state index in [9.17, 15) is 0 Å². The van der Waals surface area contributed by atoms with Crippen molar-refractivity contribution in [2.24, 2.45) is 0 Å². The van der Waals surface area contributed by atoms with Gasteiger partial charge in [0.05, 0.1) is 4.47 Å². The van der Waals surface area contributed by atoms with Crippen molar-refractivity contribution in [1.29, 1.82) is 0 Å². The summed E-state index contributed by atoms with van der Waals surface area (Å²) in [6.07, 6.45) is 4.15. The molecule has 0 aliphatic carbocycles. The van der Waals surface area contributed by atoms with Crippen molar-refractivity contribution in [3.8, 4) is 0 Å².